The SMILES string of the molecule is CCC(C)(C)NC(=O)CSc1nnnn1-c1cccc(C)c1C. The minimum Gasteiger partial charge on any atom is -0.351 e. The molecule has 0 bridgehead atoms. The van der Waals surface area contributed by atoms with Crippen LogP contribution in [0.3, 0.4) is 0 Å². The van der Waals surface area contributed by atoms with Crippen LogP contribution in [0.1, 0.15) is 38.3 Å². The molecule has 6 nitrogen and oxygen atoms in total. The Hall–Kier alpha value is -1.89. The predicted molar refractivity (Wildman–Crippen MR) is 91.9 cm³/mol. The van der Waals surface area contributed by atoms with E-state index < -0.39 is 0 Å². The zero-order valence-electron chi connectivity index (χ0n) is 14.3. The van der Waals surface area contributed by atoms with Crippen LogP contribution in [0.15, 0.2) is 23.4 Å². The van der Waals surface area contributed by atoms with Crippen LogP contribution in [0, 0.1) is 13.8 Å². The summed E-state index contributed by atoms with van der Waals surface area (Å²) in [6.07, 6.45) is 0.879. The maximum Gasteiger partial charge on any atom is 0.230 e. The highest BCUT2D eigenvalue weighted by Crippen LogP contribution is 2.22. The fourth-order valence-electron chi connectivity index (χ4n) is 2.02. The first-order valence-electron chi connectivity index (χ1n) is 7.63. The molecule has 0 radical (unpaired) electrons. The summed E-state index contributed by atoms with van der Waals surface area (Å²) in [7, 11) is 0. The molecule has 1 amide bonds. The van der Waals surface area contributed by atoms with Gasteiger partial charge >= 0.3 is 0 Å². The van der Waals surface area contributed by atoms with Crippen LogP contribution in [0.2, 0.25) is 0 Å². The number of benzene rings is 1. The molecule has 0 saturated heterocycles. The number of carbonyl (C=O) groups is 1. The number of aryl methyl sites for hydroxylation is 1. The van der Waals surface area contributed by atoms with Gasteiger partial charge in [-0.1, -0.05) is 30.8 Å². The summed E-state index contributed by atoms with van der Waals surface area (Å²) in [6.45, 7) is 10.2. The van der Waals surface area contributed by atoms with Crippen molar-refractivity contribution in [1.29, 1.82) is 0 Å². The summed E-state index contributed by atoms with van der Waals surface area (Å²) in [5.74, 6) is 0.270. The first-order chi connectivity index (χ1) is 10.8. The van der Waals surface area contributed by atoms with Crippen LogP contribution in [-0.4, -0.2) is 37.4 Å². The van der Waals surface area contributed by atoms with Crippen molar-refractivity contribution < 1.29 is 4.79 Å². The number of nitrogens with zero attached hydrogens (tertiary/aromatic N) is 4. The Morgan fingerprint density at radius 1 is 1.35 bits per heavy atom. The molecule has 0 unspecified atom stereocenters. The lowest BCUT2D eigenvalue weighted by Crippen LogP contribution is -2.43. The highest BCUT2D eigenvalue weighted by atomic mass is 32.2. The summed E-state index contributed by atoms with van der Waals surface area (Å²) in [5.41, 5.74) is 3.04. The van der Waals surface area contributed by atoms with E-state index in [2.05, 4.69) is 40.8 Å². The van der Waals surface area contributed by atoms with Gasteiger partial charge in [0.2, 0.25) is 11.1 Å². The average molecular weight is 333 g/mol. The summed E-state index contributed by atoms with van der Waals surface area (Å²) in [6, 6.07) is 6.00. The second-order valence-electron chi connectivity index (χ2n) is 6.17. The molecule has 23 heavy (non-hydrogen) atoms. The minimum absolute atomic E-state index is 0.0163. The second-order valence-corrected chi connectivity index (χ2v) is 7.11. The molecule has 0 aliphatic heterocycles. The Balaban J connectivity index is 2.10. The number of amides is 1. The molecule has 0 aliphatic rings. The van der Waals surface area contributed by atoms with E-state index in [4.69, 9.17) is 0 Å². The van der Waals surface area contributed by atoms with Gasteiger partial charge in [0.1, 0.15) is 0 Å². The predicted octanol–water partition coefficient (Wildman–Crippen LogP) is 2.68. The van der Waals surface area contributed by atoms with E-state index in [1.54, 1.807) is 4.68 Å². The van der Waals surface area contributed by atoms with Crippen LogP contribution in [0.25, 0.3) is 5.69 Å². The van der Waals surface area contributed by atoms with Crippen LogP contribution in [0.4, 0.5) is 0 Å². The van der Waals surface area contributed by atoms with Crippen molar-refractivity contribution in [3.63, 3.8) is 0 Å². The smallest absolute Gasteiger partial charge is 0.230 e. The van der Waals surface area contributed by atoms with Gasteiger partial charge in [-0.15, -0.1) is 5.10 Å². The highest BCUT2D eigenvalue weighted by Gasteiger charge is 2.19. The molecule has 0 atom stereocenters. The Morgan fingerprint density at radius 2 is 2.09 bits per heavy atom. The third-order valence-electron chi connectivity index (χ3n) is 3.94. The van der Waals surface area contributed by atoms with Gasteiger partial charge in [0.25, 0.3) is 0 Å². The van der Waals surface area contributed by atoms with Crippen LogP contribution < -0.4 is 5.32 Å². The van der Waals surface area contributed by atoms with Gasteiger partial charge in [0.15, 0.2) is 0 Å². The normalized spacial score (nSPS) is 11.5. The van der Waals surface area contributed by atoms with Gasteiger partial charge in [-0.2, -0.15) is 4.68 Å². The van der Waals surface area contributed by atoms with E-state index in [9.17, 15) is 4.79 Å². The van der Waals surface area contributed by atoms with Crippen molar-refractivity contribution in [3.8, 4) is 5.69 Å². The summed E-state index contributed by atoms with van der Waals surface area (Å²) in [5, 5.41) is 15.5. The number of nitrogens with one attached hydrogen (secondary N) is 1. The van der Waals surface area contributed by atoms with Crippen molar-refractivity contribution in [2.24, 2.45) is 0 Å². The molecule has 1 heterocycles. The first-order valence-corrected chi connectivity index (χ1v) is 8.61. The van der Waals surface area contributed by atoms with Crippen molar-refractivity contribution in [1.82, 2.24) is 25.5 Å². The summed E-state index contributed by atoms with van der Waals surface area (Å²) in [4.78, 5) is 12.1. The Morgan fingerprint density at radius 3 is 2.78 bits per heavy atom. The summed E-state index contributed by atoms with van der Waals surface area (Å²) >= 11 is 1.34. The van der Waals surface area contributed by atoms with Crippen molar-refractivity contribution in [2.45, 2.75) is 51.7 Å². The lowest BCUT2D eigenvalue weighted by molar-refractivity contribution is -0.120. The molecule has 2 rings (SSSR count). The fraction of sp³-hybridized carbons (Fsp3) is 0.500. The molecule has 1 N–H and O–H groups in total. The van der Waals surface area contributed by atoms with E-state index in [0.29, 0.717) is 5.16 Å². The minimum atomic E-state index is -0.198. The molecule has 0 aliphatic carbocycles. The van der Waals surface area contributed by atoms with Gasteiger partial charge < -0.3 is 5.32 Å². The average Bonchev–Trinajstić information content (AvgIpc) is 2.96. The van der Waals surface area contributed by atoms with Crippen LogP contribution in [0.5, 0.6) is 0 Å². The van der Waals surface area contributed by atoms with Gasteiger partial charge in [0, 0.05) is 5.54 Å². The van der Waals surface area contributed by atoms with Crippen LogP contribution in [-0.2, 0) is 4.79 Å². The maximum absolute atomic E-state index is 12.1. The third kappa shape index (κ3) is 4.31. The van der Waals surface area contributed by atoms with E-state index in [1.807, 2.05) is 32.9 Å². The molecule has 124 valence electrons. The second kappa shape index (κ2) is 7.12. The maximum atomic E-state index is 12.1. The van der Waals surface area contributed by atoms with Gasteiger partial charge in [0.05, 0.1) is 11.4 Å². The lowest BCUT2D eigenvalue weighted by Gasteiger charge is -2.24. The number of tetrazole rings is 1. The van der Waals surface area contributed by atoms with Crippen molar-refractivity contribution in [3.05, 3.63) is 29.3 Å². The number of hydrogen-bond acceptors (Lipinski definition) is 5. The number of rotatable bonds is 6. The van der Waals surface area contributed by atoms with E-state index >= 15 is 0 Å². The van der Waals surface area contributed by atoms with E-state index in [-0.39, 0.29) is 17.2 Å². The number of thioether (sulfide) groups is 1. The van der Waals surface area contributed by atoms with E-state index in [0.717, 1.165) is 17.7 Å². The molecule has 0 saturated carbocycles. The molecule has 0 fully saturated rings. The highest BCUT2D eigenvalue weighted by molar-refractivity contribution is 7.99. The zero-order valence-corrected chi connectivity index (χ0v) is 15.1. The summed E-state index contributed by atoms with van der Waals surface area (Å²) < 4.78 is 1.69. The number of aromatic nitrogens is 4. The standard InChI is InChI=1S/C16H23N5OS/c1-6-16(4,5)17-14(22)10-23-15-18-19-20-21(15)13-9-7-8-11(2)12(13)3/h7-9H,6,10H2,1-5H3,(H,17,22). The van der Waals surface area contributed by atoms with E-state index in [1.165, 1.54) is 17.3 Å². The van der Waals surface area contributed by atoms with Crippen molar-refractivity contribution >= 4 is 17.7 Å². The third-order valence-corrected chi connectivity index (χ3v) is 4.86. The Labute approximate surface area is 141 Å². The monoisotopic (exact) mass is 333 g/mol. The molecular weight excluding hydrogens is 310 g/mol. The fourth-order valence-corrected chi connectivity index (χ4v) is 2.70. The van der Waals surface area contributed by atoms with Crippen molar-refractivity contribution in [2.75, 3.05) is 5.75 Å². The molecule has 2 aromatic rings. The largest absolute Gasteiger partial charge is 0.351 e. The Kier molecular flexibility index (Phi) is 5.41. The van der Waals surface area contributed by atoms with Crippen LogP contribution >= 0.6 is 11.8 Å². The first kappa shape index (κ1) is 17.5. The number of hydrogen-bond donors (Lipinski definition) is 1. The zero-order chi connectivity index (χ0) is 17.0. The van der Waals surface area contributed by atoms with Gasteiger partial charge in [-0.05, 0) is 61.7 Å². The Bertz CT molecular complexity index is 696. The lowest BCUT2D eigenvalue weighted by atomic mass is 10.0. The van der Waals surface area contributed by atoms with Gasteiger partial charge in [-0.25, -0.2) is 0 Å². The molecule has 1 aromatic heterocycles. The molecular formula is C16H23N5OS. The molecule has 1 aromatic carbocycles. The topological polar surface area (TPSA) is 72.7 Å². The van der Waals surface area contributed by atoms with Gasteiger partial charge in [-0.3, -0.25) is 4.79 Å². The quantitative estimate of drug-likeness (QED) is 0.823. The molecule has 7 heteroatoms. The molecule has 0 spiro atoms. The number of carbonyl (C=O) groups excluding carboxylic acids is 1.